The Morgan fingerprint density at radius 2 is 2.17 bits per heavy atom. The Labute approximate surface area is 188 Å². The first-order valence-electron chi connectivity index (χ1n) is 9.37. The third kappa shape index (κ3) is 5.87. The van der Waals surface area contributed by atoms with E-state index in [2.05, 4.69) is 29.4 Å². The van der Waals surface area contributed by atoms with Crippen LogP contribution in [-0.4, -0.2) is 44.9 Å². The quantitative estimate of drug-likeness (QED) is 0.469. The topological polar surface area (TPSA) is 84.4 Å². The molecule has 2 amide bonds. The zero-order chi connectivity index (χ0) is 21.7. The molecular formula is C20H22N4O3S3. The number of thiocarbonyl (C=S) groups is 1. The molecule has 0 bridgehead atoms. The second-order valence-corrected chi connectivity index (χ2v) is 9.74. The molecule has 1 aliphatic rings. The van der Waals surface area contributed by atoms with E-state index < -0.39 is 0 Å². The van der Waals surface area contributed by atoms with Gasteiger partial charge in [0, 0.05) is 19.4 Å². The van der Waals surface area contributed by atoms with E-state index in [1.165, 1.54) is 28.0 Å². The fourth-order valence-corrected chi connectivity index (χ4v) is 4.98. The highest BCUT2D eigenvalue weighted by Crippen LogP contribution is 2.33. The van der Waals surface area contributed by atoms with Gasteiger partial charge >= 0.3 is 0 Å². The van der Waals surface area contributed by atoms with Crippen molar-refractivity contribution in [3.05, 3.63) is 39.7 Å². The zero-order valence-electron chi connectivity index (χ0n) is 16.9. The molecule has 1 aromatic heterocycles. The molecule has 0 atom stereocenters. The van der Waals surface area contributed by atoms with Crippen molar-refractivity contribution in [2.45, 2.75) is 26.7 Å². The van der Waals surface area contributed by atoms with Gasteiger partial charge in [-0.1, -0.05) is 61.3 Å². The van der Waals surface area contributed by atoms with Crippen molar-refractivity contribution in [2.75, 3.05) is 19.0 Å². The van der Waals surface area contributed by atoms with Crippen LogP contribution in [0, 0.1) is 5.92 Å². The lowest BCUT2D eigenvalue weighted by atomic mass is 10.1. The molecule has 1 aliphatic heterocycles. The van der Waals surface area contributed by atoms with Crippen molar-refractivity contribution in [1.82, 2.24) is 15.1 Å². The average Bonchev–Trinajstić information content (AvgIpc) is 3.23. The van der Waals surface area contributed by atoms with Crippen molar-refractivity contribution >= 4 is 62.7 Å². The Bertz CT molecular complexity index is 987. The third-order valence-electron chi connectivity index (χ3n) is 4.12. The number of thioether (sulfide) groups is 1. The molecule has 30 heavy (non-hydrogen) atoms. The van der Waals surface area contributed by atoms with Crippen molar-refractivity contribution in [3.8, 4) is 5.75 Å². The number of methoxy groups -OCH3 is 1. The van der Waals surface area contributed by atoms with Gasteiger partial charge in [0.15, 0.2) is 0 Å². The molecule has 1 fully saturated rings. The van der Waals surface area contributed by atoms with Crippen molar-refractivity contribution in [3.63, 3.8) is 0 Å². The normalized spacial score (nSPS) is 15.3. The molecule has 10 heteroatoms. The fourth-order valence-electron chi connectivity index (χ4n) is 2.71. The van der Waals surface area contributed by atoms with Crippen LogP contribution in [0.1, 0.15) is 30.8 Å². The van der Waals surface area contributed by atoms with Gasteiger partial charge < -0.3 is 10.1 Å². The molecule has 158 valence electrons. The van der Waals surface area contributed by atoms with Crippen molar-refractivity contribution in [2.24, 2.45) is 5.92 Å². The number of ether oxygens (including phenoxy) is 1. The number of anilines is 1. The summed E-state index contributed by atoms with van der Waals surface area (Å²) in [5.74, 6) is 0.758. The summed E-state index contributed by atoms with van der Waals surface area (Å²) in [6.45, 7) is 4.42. The van der Waals surface area contributed by atoms with E-state index in [4.69, 9.17) is 17.0 Å². The van der Waals surface area contributed by atoms with E-state index in [0.717, 1.165) is 17.0 Å². The molecule has 0 saturated carbocycles. The van der Waals surface area contributed by atoms with Crippen molar-refractivity contribution in [1.29, 1.82) is 0 Å². The molecular weight excluding hydrogens is 440 g/mol. The number of aromatic nitrogens is 2. The highest BCUT2D eigenvalue weighted by molar-refractivity contribution is 8.26. The van der Waals surface area contributed by atoms with Crippen LogP contribution >= 0.6 is 35.3 Å². The van der Waals surface area contributed by atoms with E-state index in [-0.39, 0.29) is 24.8 Å². The van der Waals surface area contributed by atoms with Gasteiger partial charge in [-0.25, -0.2) is 0 Å². The summed E-state index contributed by atoms with van der Waals surface area (Å²) < 4.78 is 5.65. The number of benzene rings is 1. The summed E-state index contributed by atoms with van der Waals surface area (Å²) in [5.41, 5.74) is 0.848. The van der Waals surface area contributed by atoms with Gasteiger partial charge in [-0.3, -0.25) is 14.5 Å². The van der Waals surface area contributed by atoms with Gasteiger partial charge in [-0.2, -0.15) is 0 Å². The Morgan fingerprint density at radius 3 is 2.90 bits per heavy atom. The third-order valence-corrected chi connectivity index (χ3v) is 6.36. The summed E-state index contributed by atoms with van der Waals surface area (Å²) in [6, 6.07) is 7.43. The molecule has 7 nitrogen and oxygen atoms in total. The first-order chi connectivity index (χ1) is 14.4. The van der Waals surface area contributed by atoms with Gasteiger partial charge in [0.2, 0.25) is 11.0 Å². The van der Waals surface area contributed by atoms with Crippen LogP contribution in [0.4, 0.5) is 5.13 Å². The highest BCUT2D eigenvalue weighted by atomic mass is 32.2. The second-order valence-electron chi connectivity index (χ2n) is 7.01. The predicted octanol–water partition coefficient (Wildman–Crippen LogP) is 3.98. The molecule has 0 spiro atoms. The number of carbonyl (C=O) groups is 2. The standard InChI is InChI=1S/C20H22N4O3S3/c1-12(2)9-17-22-23-19(30-17)21-16(25)7-8-24-18(26)15(29-20(24)28)11-13-5-4-6-14(10-13)27-3/h4-6,10-12H,7-9H2,1-3H3,(H,21,23,25). The number of nitrogens with one attached hydrogen (secondary N) is 1. The van der Waals surface area contributed by atoms with E-state index in [9.17, 15) is 9.59 Å². The van der Waals surface area contributed by atoms with Crippen molar-refractivity contribution < 1.29 is 14.3 Å². The first kappa shape index (κ1) is 22.4. The lowest BCUT2D eigenvalue weighted by Gasteiger charge is -2.13. The predicted molar refractivity (Wildman–Crippen MR) is 125 cm³/mol. The van der Waals surface area contributed by atoms with E-state index >= 15 is 0 Å². The summed E-state index contributed by atoms with van der Waals surface area (Å²) >= 11 is 7.94. The van der Waals surface area contributed by atoms with E-state index in [0.29, 0.717) is 26.0 Å². The van der Waals surface area contributed by atoms with Crippen LogP contribution in [0.2, 0.25) is 0 Å². The molecule has 2 heterocycles. The monoisotopic (exact) mass is 462 g/mol. The van der Waals surface area contributed by atoms with E-state index in [1.54, 1.807) is 13.2 Å². The molecule has 0 aliphatic carbocycles. The smallest absolute Gasteiger partial charge is 0.266 e. The molecule has 0 unspecified atom stereocenters. The summed E-state index contributed by atoms with van der Waals surface area (Å²) in [6.07, 6.45) is 2.72. The maximum absolute atomic E-state index is 12.7. The molecule has 0 radical (unpaired) electrons. The highest BCUT2D eigenvalue weighted by Gasteiger charge is 2.32. The van der Waals surface area contributed by atoms with Gasteiger partial charge in [-0.05, 0) is 29.7 Å². The maximum atomic E-state index is 12.7. The van der Waals surface area contributed by atoms with Gasteiger partial charge in [0.25, 0.3) is 5.91 Å². The minimum Gasteiger partial charge on any atom is -0.497 e. The Balaban J connectivity index is 1.57. The van der Waals surface area contributed by atoms with Gasteiger partial charge in [0.1, 0.15) is 15.1 Å². The Kier molecular flexibility index (Phi) is 7.57. The minimum atomic E-state index is -0.229. The van der Waals surface area contributed by atoms with Crippen LogP contribution in [0.25, 0.3) is 6.08 Å². The van der Waals surface area contributed by atoms with Crippen LogP contribution in [0.15, 0.2) is 29.2 Å². The van der Waals surface area contributed by atoms with Crippen LogP contribution < -0.4 is 10.1 Å². The summed E-state index contributed by atoms with van der Waals surface area (Å²) in [5, 5.41) is 12.2. The summed E-state index contributed by atoms with van der Waals surface area (Å²) in [7, 11) is 1.59. The maximum Gasteiger partial charge on any atom is 0.266 e. The summed E-state index contributed by atoms with van der Waals surface area (Å²) in [4.78, 5) is 27.0. The molecule has 2 aromatic rings. The van der Waals surface area contributed by atoms with Gasteiger partial charge in [0.05, 0.1) is 12.0 Å². The Morgan fingerprint density at radius 1 is 1.37 bits per heavy atom. The molecule has 3 rings (SSSR count). The second kappa shape index (κ2) is 10.1. The number of rotatable bonds is 8. The first-order valence-corrected chi connectivity index (χ1v) is 11.4. The number of carbonyl (C=O) groups excluding carboxylic acids is 2. The molecule has 1 N–H and O–H groups in total. The molecule has 1 saturated heterocycles. The SMILES string of the molecule is COc1cccc(C=C2SC(=S)N(CCC(=O)Nc3nnc(CC(C)C)s3)C2=O)c1. The number of hydrogen-bond donors (Lipinski definition) is 1. The zero-order valence-corrected chi connectivity index (χ0v) is 19.3. The minimum absolute atomic E-state index is 0.123. The van der Waals surface area contributed by atoms with Crippen LogP contribution in [0.5, 0.6) is 5.75 Å². The number of amides is 2. The van der Waals surface area contributed by atoms with E-state index in [1.807, 2.05) is 24.3 Å². The average molecular weight is 463 g/mol. The number of hydrogen-bond acceptors (Lipinski definition) is 8. The molecule has 1 aromatic carbocycles. The van der Waals surface area contributed by atoms with Crippen LogP contribution in [-0.2, 0) is 16.0 Å². The van der Waals surface area contributed by atoms with Gasteiger partial charge in [-0.15, -0.1) is 10.2 Å². The Hall–Kier alpha value is -2.30. The number of nitrogens with zero attached hydrogens (tertiary/aromatic N) is 3. The fraction of sp³-hybridized carbons (Fsp3) is 0.350. The lowest BCUT2D eigenvalue weighted by molar-refractivity contribution is -0.122. The largest absolute Gasteiger partial charge is 0.497 e. The van der Waals surface area contributed by atoms with Crippen LogP contribution in [0.3, 0.4) is 0 Å². The lowest BCUT2D eigenvalue weighted by Crippen LogP contribution is -2.31.